The molecule has 6 nitrogen and oxygen atoms in total. The lowest BCUT2D eigenvalue weighted by Gasteiger charge is -2.19. The van der Waals surface area contributed by atoms with E-state index in [2.05, 4.69) is 9.71 Å². The zero-order chi connectivity index (χ0) is 15.5. The molecule has 0 saturated carbocycles. The Kier molecular flexibility index (Phi) is 5.13. The van der Waals surface area contributed by atoms with Crippen molar-refractivity contribution in [1.82, 2.24) is 4.90 Å². The molecule has 1 aromatic carbocycles. The number of sulfonamides is 1. The normalized spacial score (nSPS) is 16.1. The Morgan fingerprint density at radius 3 is 2.81 bits per heavy atom. The van der Waals surface area contributed by atoms with Crippen LogP contribution in [0.2, 0.25) is 0 Å². The average Bonchev–Trinajstić information content (AvgIpc) is 2.39. The van der Waals surface area contributed by atoms with E-state index in [-0.39, 0.29) is 4.90 Å². The first-order valence-corrected chi connectivity index (χ1v) is 9.01. The van der Waals surface area contributed by atoms with E-state index in [0.29, 0.717) is 23.2 Å². The zero-order valence-corrected chi connectivity index (χ0v) is 13.9. The van der Waals surface area contributed by atoms with Crippen LogP contribution in [0.4, 0.5) is 5.69 Å². The highest BCUT2D eigenvalue weighted by molar-refractivity contribution is 8.14. The van der Waals surface area contributed by atoms with E-state index in [1.165, 1.54) is 17.8 Å². The van der Waals surface area contributed by atoms with Crippen molar-refractivity contribution in [2.75, 3.05) is 38.3 Å². The molecule has 1 aliphatic heterocycles. The minimum absolute atomic E-state index is 0.158. The molecule has 0 bridgehead atoms. The molecule has 1 heterocycles. The molecule has 1 N–H and O–H groups in total. The van der Waals surface area contributed by atoms with Crippen molar-refractivity contribution in [1.29, 1.82) is 0 Å². The van der Waals surface area contributed by atoms with E-state index < -0.39 is 10.0 Å². The molecule has 2 rings (SSSR count). The standard InChI is InChI=1S/C13H19N3O3S2/c1-4-19-10-5-6-11-12(9-10)21(17,18)15-13(14-11)20-8-7-16(2)3/h5-6,9H,4,7-8H2,1-3H3,(H,14,15). The van der Waals surface area contributed by atoms with Crippen molar-refractivity contribution >= 4 is 32.6 Å². The van der Waals surface area contributed by atoms with Gasteiger partial charge in [0.1, 0.15) is 10.6 Å². The van der Waals surface area contributed by atoms with E-state index in [9.17, 15) is 8.42 Å². The van der Waals surface area contributed by atoms with Gasteiger partial charge in [0.25, 0.3) is 10.0 Å². The average molecular weight is 329 g/mol. The molecular formula is C13H19N3O3S2. The number of fused-ring (bicyclic) bond motifs is 1. The van der Waals surface area contributed by atoms with Gasteiger partial charge in [0.05, 0.1) is 12.3 Å². The fraction of sp³-hybridized carbons (Fsp3) is 0.462. The molecule has 1 aliphatic rings. The molecule has 0 saturated heterocycles. The molecule has 116 valence electrons. The van der Waals surface area contributed by atoms with Crippen LogP contribution < -0.4 is 10.1 Å². The fourth-order valence-electron chi connectivity index (χ4n) is 1.76. The van der Waals surface area contributed by atoms with Crippen LogP contribution in [0.3, 0.4) is 0 Å². The third-order valence-corrected chi connectivity index (χ3v) is 5.05. The number of benzene rings is 1. The lowest BCUT2D eigenvalue weighted by molar-refractivity contribution is 0.339. The Balaban J connectivity index is 2.19. The Labute approximate surface area is 129 Å². The quantitative estimate of drug-likeness (QED) is 0.889. The second kappa shape index (κ2) is 6.67. The summed E-state index contributed by atoms with van der Waals surface area (Å²) in [4.78, 5) is 2.19. The minimum atomic E-state index is -3.67. The Bertz CT molecular complexity index is 642. The van der Waals surface area contributed by atoms with Crippen molar-refractivity contribution in [3.63, 3.8) is 0 Å². The molecule has 0 atom stereocenters. The van der Waals surface area contributed by atoms with Gasteiger partial charge in [-0.3, -0.25) is 0 Å². The number of hydrogen-bond acceptors (Lipinski definition) is 6. The van der Waals surface area contributed by atoms with Crippen LogP contribution in [0, 0.1) is 0 Å². The molecule has 21 heavy (non-hydrogen) atoms. The van der Waals surface area contributed by atoms with Crippen LogP contribution in [-0.2, 0) is 10.0 Å². The molecule has 0 aromatic heterocycles. The third-order valence-electron chi connectivity index (χ3n) is 2.76. The number of nitrogens with zero attached hydrogens (tertiary/aromatic N) is 2. The summed E-state index contributed by atoms with van der Waals surface area (Å²) < 4.78 is 33.6. The molecule has 0 radical (unpaired) electrons. The van der Waals surface area contributed by atoms with E-state index in [4.69, 9.17) is 4.74 Å². The van der Waals surface area contributed by atoms with Gasteiger partial charge in [-0.05, 0) is 33.2 Å². The van der Waals surface area contributed by atoms with Crippen LogP contribution in [0.15, 0.2) is 27.5 Å². The van der Waals surface area contributed by atoms with E-state index >= 15 is 0 Å². The Hall–Kier alpha value is -1.25. The third kappa shape index (κ3) is 4.12. The summed E-state index contributed by atoms with van der Waals surface area (Å²) in [6.45, 7) is 3.19. The molecule has 0 fully saturated rings. The van der Waals surface area contributed by atoms with E-state index in [1.807, 2.05) is 25.9 Å². The van der Waals surface area contributed by atoms with Gasteiger partial charge in [0.2, 0.25) is 0 Å². The number of thioether (sulfide) groups is 1. The topological polar surface area (TPSA) is 71.0 Å². The summed E-state index contributed by atoms with van der Waals surface area (Å²) in [5.74, 6) is 1.29. The first kappa shape index (κ1) is 16.1. The SMILES string of the molecule is CCOc1ccc2c(c1)S(=O)(=O)N=C(SCCN(C)C)N2. The Morgan fingerprint density at radius 2 is 2.14 bits per heavy atom. The van der Waals surface area contributed by atoms with Crippen molar-refractivity contribution in [3.05, 3.63) is 18.2 Å². The van der Waals surface area contributed by atoms with Gasteiger partial charge in [0, 0.05) is 18.4 Å². The summed E-state index contributed by atoms with van der Waals surface area (Å²) in [5.41, 5.74) is 0.542. The summed E-state index contributed by atoms with van der Waals surface area (Å²) in [6.07, 6.45) is 0. The van der Waals surface area contributed by atoms with Crippen LogP contribution >= 0.6 is 11.8 Å². The number of rotatable bonds is 5. The van der Waals surface area contributed by atoms with Crippen molar-refractivity contribution in [2.24, 2.45) is 4.40 Å². The van der Waals surface area contributed by atoms with Crippen LogP contribution in [0.5, 0.6) is 5.75 Å². The summed E-state index contributed by atoms with van der Waals surface area (Å²) in [6, 6.07) is 4.96. The van der Waals surface area contributed by atoms with Gasteiger partial charge < -0.3 is 15.0 Å². The maximum absolute atomic E-state index is 12.2. The molecule has 0 amide bonds. The lowest BCUT2D eigenvalue weighted by Crippen LogP contribution is -2.21. The largest absolute Gasteiger partial charge is 0.494 e. The maximum Gasteiger partial charge on any atom is 0.286 e. The molecule has 0 unspecified atom stereocenters. The first-order valence-electron chi connectivity index (χ1n) is 6.59. The molecule has 0 spiro atoms. The first-order chi connectivity index (χ1) is 9.92. The number of amidine groups is 1. The molecule has 8 heteroatoms. The van der Waals surface area contributed by atoms with Gasteiger partial charge >= 0.3 is 0 Å². The monoisotopic (exact) mass is 329 g/mol. The second-order valence-electron chi connectivity index (χ2n) is 4.74. The van der Waals surface area contributed by atoms with Crippen molar-refractivity contribution in [3.8, 4) is 5.75 Å². The van der Waals surface area contributed by atoms with Gasteiger partial charge in [-0.1, -0.05) is 11.8 Å². The number of nitrogens with one attached hydrogen (secondary N) is 1. The highest BCUT2D eigenvalue weighted by Gasteiger charge is 2.25. The summed E-state index contributed by atoms with van der Waals surface area (Å²) >= 11 is 1.39. The van der Waals surface area contributed by atoms with Crippen LogP contribution in [-0.4, -0.2) is 51.5 Å². The number of ether oxygens (including phenoxy) is 1. The van der Waals surface area contributed by atoms with Crippen molar-refractivity contribution in [2.45, 2.75) is 11.8 Å². The van der Waals surface area contributed by atoms with Crippen LogP contribution in [0.1, 0.15) is 6.92 Å². The number of hydrogen-bond donors (Lipinski definition) is 1. The van der Waals surface area contributed by atoms with Gasteiger partial charge in [-0.25, -0.2) is 0 Å². The van der Waals surface area contributed by atoms with Gasteiger partial charge in [-0.2, -0.15) is 8.42 Å². The maximum atomic E-state index is 12.2. The number of anilines is 1. The zero-order valence-electron chi connectivity index (χ0n) is 12.3. The summed E-state index contributed by atoms with van der Waals surface area (Å²) in [5, 5.41) is 3.47. The minimum Gasteiger partial charge on any atom is -0.494 e. The predicted octanol–water partition coefficient (Wildman–Crippen LogP) is 1.85. The molecule has 0 aliphatic carbocycles. The van der Waals surface area contributed by atoms with Crippen LogP contribution in [0.25, 0.3) is 0 Å². The van der Waals surface area contributed by atoms with Crippen molar-refractivity contribution < 1.29 is 13.2 Å². The lowest BCUT2D eigenvalue weighted by atomic mass is 10.3. The molecule has 1 aromatic rings. The van der Waals surface area contributed by atoms with E-state index in [0.717, 1.165) is 12.3 Å². The summed E-state index contributed by atoms with van der Waals surface area (Å²) in [7, 11) is 0.269. The Morgan fingerprint density at radius 1 is 1.38 bits per heavy atom. The molecular weight excluding hydrogens is 310 g/mol. The highest BCUT2D eigenvalue weighted by atomic mass is 32.2. The highest BCUT2D eigenvalue weighted by Crippen LogP contribution is 2.32. The second-order valence-corrected chi connectivity index (χ2v) is 7.40. The van der Waals surface area contributed by atoms with Gasteiger partial charge in [-0.15, -0.1) is 4.40 Å². The van der Waals surface area contributed by atoms with E-state index in [1.54, 1.807) is 12.1 Å². The smallest absolute Gasteiger partial charge is 0.286 e. The van der Waals surface area contributed by atoms with Gasteiger partial charge in [0.15, 0.2) is 5.17 Å². The fourth-order valence-corrected chi connectivity index (χ4v) is 4.12. The predicted molar refractivity (Wildman–Crippen MR) is 86.9 cm³/mol.